The predicted octanol–water partition coefficient (Wildman–Crippen LogP) is 3.09. The van der Waals surface area contributed by atoms with Crippen LogP contribution in [0.5, 0.6) is 5.75 Å². The summed E-state index contributed by atoms with van der Waals surface area (Å²) in [4.78, 5) is 0. The van der Waals surface area contributed by atoms with Crippen molar-refractivity contribution in [3.63, 3.8) is 0 Å². The standard InChI is InChI=1S/C17H18FNO/c18-16-4-1-14(2-5-16)12-19-9-7-13-3-6-17-15(11-13)8-10-20-17/h1-6,11,19H,7-10,12H2. The number of ether oxygens (including phenoxy) is 1. The topological polar surface area (TPSA) is 21.3 Å². The quantitative estimate of drug-likeness (QED) is 0.844. The smallest absolute Gasteiger partial charge is 0.123 e. The lowest BCUT2D eigenvalue weighted by Crippen LogP contribution is -2.16. The zero-order valence-electron chi connectivity index (χ0n) is 11.4. The molecule has 0 saturated carbocycles. The molecule has 1 aliphatic rings. The van der Waals surface area contributed by atoms with E-state index in [4.69, 9.17) is 4.74 Å². The molecule has 1 N–H and O–H groups in total. The summed E-state index contributed by atoms with van der Waals surface area (Å²) < 4.78 is 18.3. The molecule has 0 saturated heterocycles. The molecule has 1 aliphatic heterocycles. The number of fused-ring (bicyclic) bond motifs is 1. The van der Waals surface area contributed by atoms with Crippen LogP contribution in [0.3, 0.4) is 0 Å². The first-order valence-electron chi connectivity index (χ1n) is 7.01. The van der Waals surface area contributed by atoms with Gasteiger partial charge in [0, 0.05) is 13.0 Å². The second-order valence-corrected chi connectivity index (χ2v) is 5.09. The van der Waals surface area contributed by atoms with E-state index in [0.717, 1.165) is 43.9 Å². The molecule has 0 radical (unpaired) electrons. The van der Waals surface area contributed by atoms with Crippen LogP contribution in [-0.2, 0) is 19.4 Å². The lowest BCUT2D eigenvalue weighted by Gasteiger charge is -2.06. The van der Waals surface area contributed by atoms with Gasteiger partial charge in [0.15, 0.2) is 0 Å². The highest BCUT2D eigenvalue weighted by Gasteiger charge is 2.11. The molecule has 0 aliphatic carbocycles. The first-order chi connectivity index (χ1) is 9.81. The van der Waals surface area contributed by atoms with Gasteiger partial charge in [-0.25, -0.2) is 4.39 Å². The van der Waals surface area contributed by atoms with Gasteiger partial charge in [0.2, 0.25) is 0 Å². The normalized spacial score (nSPS) is 13.1. The Morgan fingerprint density at radius 2 is 1.85 bits per heavy atom. The Balaban J connectivity index is 1.47. The van der Waals surface area contributed by atoms with Crippen LogP contribution in [0.1, 0.15) is 16.7 Å². The van der Waals surface area contributed by atoms with E-state index >= 15 is 0 Å². The molecule has 0 bridgehead atoms. The summed E-state index contributed by atoms with van der Waals surface area (Å²) >= 11 is 0. The molecule has 3 rings (SSSR count). The Morgan fingerprint density at radius 3 is 2.70 bits per heavy atom. The number of rotatable bonds is 5. The van der Waals surface area contributed by atoms with Crippen LogP contribution in [0.4, 0.5) is 4.39 Å². The maximum Gasteiger partial charge on any atom is 0.123 e. The molecule has 0 spiro atoms. The summed E-state index contributed by atoms with van der Waals surface area (Å²) in [7, 11) is 0. The van der Waals surface area contributed by atoms with Crippen LogP contribution in [0.25, 0.3) is 0 Å². The van der Waals surface area contributed by atoms with Gasteiger partial charge in [0.25, 0.3) is 0 Å². The second-order valence-electron chi connectivity index (χ2n) is 5.09. The number of nitrogens with one attached hydrogen (secondary N) is 1. The second kappa shape index (κ2) is 6.06. The lowest BCUT2D eigenvalue weighted by atomic mass is 10.1. The summed E-state index contributed by atoms with van der Waals surface area (Å²) in [5.41, 5.74) is 3.76. The molecule has 0 amide bonds. The number of hydrogen-bond donors (Lipinski definition) is 1. The summed E-state index contributed by atoms with van der Waals surface area (Å²) in [5, 5.41) is 3.38. The zero-order valence-corrected chi connectivity index (χ0v) is 11.4. The van der Waals surface area contributed by atoms with E-state index in [-0.39, 0.29) is 5.82 Å². The van der Waals surface area contributed by atoms with Gasteiger partial charge in [-0.15, -0.1) is 0 Å². The third kappa shape index (κ3) is 3.17. The Morgan fingerprint density at radius 1 is 1.05 bits per heavy atom. The Labute approximate surface area is 118 Å². The van der Waals surface area contributed by atoms with E-state index < -0.39 is 0 Å². The van der Waals surface area contributed by atoms with Crippen molar-refractivity contribution in [2.75, 3.05) is 13.2 Å². The third-order valence-corrected chi connectivity index (χ3v) is 3.59. The van der Waals surface area contributed by atoms with Crippen LogP contribution in [-0.4, -0.2) is 13.2 Å². The number of benzene rings is 2. The fourth-order valence-electron chi connectivity index (χ4n) is 2.46. The minimum Gasteiger partial charge on any atom is -0.493 e. The van der Waals surface area contributed by atoms with Gasteiger partial charge in [-0.2, -0.15) is 0 Å². The van der Waals surface area contributed by atoms with Gasteiger partial charge in [-0.3, -0.25) is 0 Å². The fourth-order valence-corrected chi connectivity index (χ4v) is 2.46. The van der Waals surface area contributed by atoms with E-state index in [1.54, 1.807) is 0 Å². The minimum absolute atomic E-state index is 0.186. The highest BCUT2D eigenvalue weighted by atomic mass is 19.1. The van der Waals surface area contributed by atoms with Gasteiger partial charge < -0.3 is 10.1 Å². The number of hydrogen-bond acceptors (Lipinski definition) is 2. The first kappa shape index (κ1) is 13.1. The van der Waals surface area contributed by atoms with Crippen LogP contribution in [0.15, 0.2) is 42.5 Å². The molecule has 0 unspecified atom stereocenters. The fraction of sp³-hybridized carbons (Fsp3) is 0.294. The van der Waals surface area contributed by atoms with E-state index in [0.29, 0.717) is 0 Å². The Kier molecular flexibility index (Phi) is 3.97. The van der Waals surface area contributed by atoms with Crippen LogP contribution < -0.4 is 10.1 Å². The maximum atomic E-state index is 12.8. The van der Waals surface area contributed by atoms with Crippen molar-refractivity contribution < 1.29 is 9.13 Å². The molecule has 20 heavy (non-hydrogen) atoms. The van der Waals surface area contributed by atoms with Crippen molar-refractivity contribution in [2.45, 2.75) is 19.4 Å². The molecule has 3 heteroatoms. The number of halogens is 1. The molecule has 104 valence electrons. The van der Waals surface area contributed by atoms with E-state index in [9.17, 15) is 4.39 Å². The van der Waals surface area contributed by atoms with Gasteiger partial charge in [0.1, 0.15) is 11.6 Å². The summed E-state index contributed by atoms with van der Waals surface area (Å²) in [5.74, 6) is 0.849. The van der Waals surface area contributed by atoms with Gasteiger partial charge >= 0.3 is 0 Å². The summed E-state index contributed by atoms with van der Waals surface area (Å²) in [6.45, 7) is 2.49. The minimum atomic E-state index is -0.186. The molecule has 2 nitrogen and oxygen atoms in total. The van der Waals surface area contributed by atoms with Gasteiger partial charge in [0.05, 0.1) is 6.61 Å². The molecule has 0 atom stereocenters. The summed E-state index contributed by atoms with van der Waals surface area (Å²) in [6.07, 6.45) is 2.01. The zero-order chi connectivity index (χ0) is 13.8. The van der Waals surface area contributed by atoms with Crippen molar-refractivity contribution in [3.8, 4) is 5.75 Å². The van der Waals surface area contributed by atoms with Crippen molar-refractivity contribution in [3.05, 3.63) is 65.0 Å². The third-order valence-electron chi connectivity index (χ3n) is 3.59. The Hall–Kier alpha value is -1.87. The molecular weight excluding hydrogens is 253 g/mol. The first-order valence-corrected chi connectivity index (χ1v) is 7.01. The van der Waals surface area contributed by atoms with Crippen LogP contribution >= 0.6 is 0 Å². The molecule has 1 heterocycles. The van der Waals surface area contributed by atoms with Crippen molar-refractivity contribution in [1.82, 2.24) is 5.32 Å². The molecule has 0 aromatic heterocycles. The molecular formula is C17H18FNO. The van der Waals surface area contributed by atoms with E-state index in [2.05, 4.69) is 23.5 Å². The van der Waals surface area contributed by atoms with Gasteiger partial charge in [-0.1, -0.05) is 24.3 Å². The SMILES string of the molecule is Fc1ccc(CNCCc2ccc3c(c2)CCO3)cc1. The van der Waals surface area contributed by atoms with Crippen LogP contribution in [0, 0.1) is 5.82 Å². The molecule has 2 aromatic rings. The average molecular weight is 271 g/mol. The maximum absolute atomic E-state index is 12.8. The molecule has 0 fully saturated rings. The van der Waals surface area contributed by atoms with E-state index in [1.165, 1.54) is 23.3 Å². The largest absolute Gasteiger partial charge is 0.493 e. The van der Waals surface area contributed by atoms with Crippen LogP contribution in [0.2, 0.25) is 0 Å². The van der Waals surface area contributed by atoms with E-state index in [1.807, 2.05) is 12.1 Å². The van der Waals surface area contributed by atoms with Gasteiger partial charge in [-0.05, 0) is 47.9 Å². The highest BCUT2D eigenvalue weighted by Crippen LogP contribution is 2.25. The monoisotopic (exact) mass is 271 g/mol. The average Bonchev–Trinajstić information content (AvgIpc) is 2.93. The predicted molar refractivity (Wildman–Crippen MR) is 77.5 cm³/mol. The lowest BCUT2D eigenvalue weighted by molar-refractivity contribution is 0.357. The highest BCUT2D eigenvalue weighted by molar-refractivity contribution is 5.39. The Bertz CT molecular complexity index is 580. The molecule has 2 aromatic carbocycles. The van der Waals surface area contributed by atoms with Crippen molar-refractivity contribution in [2.24, 2.45) is 0 Å². The van der Waals surface area contributed by atoms with Crippen molar-refractivity contribution >= 4 is 0 Å². The van der Waals surface area contributed by atoms with Crippen molar-refractivity contribution in [1.29, 1.82) is 0 Å². The summed E-state index contributed by atoms with van der Waals surface area (Å²) in [6, 6.07) is 13.1.